The highest BCUT2D eigenvalue weighted by Crippen LogP contribution is 2.36. The Kier molecular flexibility index (Phi) is 7.30. The van der Waals surface area contributed by atoms with E-state index in [4.69, 9.17) is 5.73 Å². The Balaban J connectivity index is 2.52. The third-order valence-corrected chi connectivity index (χ3v) is 5.93. The van der Waals surface area contributed by atoms with Crippen LogP contribution in [0.1, 0.15) is 36.5 Å². The number of hydrogen-bond acceptors (Lipinski definition) is 4. The minimum Gasteiger partial charge on any atom is -0.327 e. The molecule has 0 aliphatic rings. The Morgan fingerprint density at radius 3 is 2.50 bits per heavy atom. The maximum absolute atomic E-state index is 6.15. The Morgan fingerprint density at radius 1 is 1.39 bits per heavy atom. The molecule has 0 bridgehead atoms. The topological polar surface area (TPSA) is 29.3 Å². The van der Waals surface area contributed by atoms with Crippen molar-refractivity contribution in [3.8, 4) is 0 Å². The molecule has 18 heavy (non-hydrogen) atoms. The molecule has 0 fully saturated rings. The fourth-order valence-corrected chi connectivity index (χ4v) is 4.64. The summed E-state index contributed by atoms with van der Waals surface area (Å²) in [5, 5.41) is 2.62. The lowest BCUT2D eigenvalue weighted by molar-refractivity contribution is 0.323. The van der Waals surface area contributed by atoms with Gasteiger partial charge >= 0.3 is 0 Å². The first-order chi connectivity index (χ1) is 8.60. The molecule has 0 saturated carbocycles. The molecule has 1 heterocycles. The van der Waals surface area contributed by atoms with Gasteiger partial charge in [0.2, 0.25) is 0 Å². The predicted molar refractivity (Wildman–Crippen MR) is 85.7 cm³/mol. The average molecular weight is 287 g/mol. The van der Waals surface area contributed by atoms with Crippen LogP contribution in [0.2, 0.25) is 0 Å². The van der Waals surface area contributed by atoms with Crippen LogP contribution >= 0.6 is 23.1 Å². The first-order valence-corrected chi connectivity index (χ1v) is 8.66. The summed E-state index contributed by atoms with van der Waals surface area (Å²) in [6.07, 6.45) is 0. The van der Waals surface area contributed by atoms with Gasteiger partial charge in [-0.3, -0.25) is 0 Å². The van der Waals surface area contributed by atoms with Crippen LogP contribution in [0.25, 0.3) is 0 Å². The number of rotatable bonds is 8. The fraction of sp³-hybridized carbons (Fsp3) is 0.714. The number of aryl methyl sites for hydroxylation is 1. The summed E-state index contributed by atoms with van der Waals surface area (Å²) in [5.74, 6) is 1.16. The van der Waals surface area contributed by atoms with Crippen LogP contribution in [0.5, 0.6) is 0 Å². The van der Waals surface area contributed by atoms with Gasteiger partial charge in [0.15, 0.2) is 0 Å². The van der Waals surface area contributed by atoms with E-state index in [0.29, 0.717) is 5.25 Å². The second kappa shape index (κ2) is 8.20. The molecule has 2 atom stereocenters. The van der Waals surface area contributed by atoms with E-state index >= 15 is 0 Å². The Hall–Kier alpha value is -0.0300. The van der Waals surface area contributed by atoms with Crippen molar-refractivity contribution in [3.63, 3.8) is 0 Å². The number of nitrogens with zero attached hydrogens (tertiary/aromatic N) is 1. The summed E-state index contributed by atoms with van der Waals surface area (Å²) in [4.78, 5) is 3.92. The summed E-state index contributed by atoms with van der Waals surface area (Å²) in [7, 11) is 0. The number of nitrogens with two attached hydrogens (primary N) is 1. The molecule has 2 unspecified atom stereocenters. The summed E-state index contributed by atoms with van der Waals surface area (Å²) in [5.41, 5.74) is 7.54. The smallest absolute Gasteiger partial charge is 0.0542 e. The van der Waals surface area contributed by atoms with Crippen LogP contribution in [0, 0.1) is 6.92 Å². The van der Waals surface area contributed by atoms with Gasteiger partial charge in [-0.2, -0.15) is 0 Å². The number of thiophene rings is 1. The Labute approximate surface area is 120 Å². The van der Waals surface area contributed by atoms with Crippen molar-refractivity contribution in [2.45, 2.75) is 39.0 Å². The summed E-state index contributed by atoms with van der Waals surface area (Å²) in [6, 6.07) is 2.41. The lowest BCUT2D eigenvalue weighted by Crippen LogP contribution is -2.27. The standard InChI is InChI=1S/C14H26N2S2/c1-5-16(6-2)8-10-18-14(12(4)15)13-11(3)7-9-17-13/h7,9,12,14H,5-6,8,10,15H2,1-4H3. The molecule has 1 rings (SSSR count). The van der Waals surface area contributed by atoms with Crippen molar-refractivity contribution in [1.29, 1.82) is 0 Å². The zero-order valence-corrected chi connectivity index (χ0v) is 13.6. The third kappa shape index (κ3) is 4.57. The van der Waals surface area contributed by atoms with Gasteiger partial charge in [-0.05, 0) is 43.9 Å². The quantitative estimate of drug-likeness (QED) is 0.793. The van der Waals surface area contributed by atoms with Gasteiger partial charge in [0.1, 0.15) is 0 Å². The maximum Gasteiger partial charge on any atom is 0.0542 e. The van der Waals surface area contributed by atoms with Crippen molar-refractivity contribution < 1.29 is 0 Å². The van der Waals surface area contributed by atoms with Gasteiger partial charge in [0.05, 0.1) is 5.25 Å². The Bertz CT molecular complexity index is 332. The van der Waals surface area contributed by atoms with Crippen LogP contribution in [0.4, 0.5) is 0 Å². The molecule has 4 heteroatoms. The molecule has 1 aromatic rings. The molecule has 1 aromatic heterocycles. The van der Waals surface area contributed by atoms with E-state index in [2.05, 4.69) is 44.0 Å². The van der Waals surface area contributed by atoms with Gasteiger partial charge in [0, 0.05) is 23.2 Å². The van der Waals surface area contributed by atoms with Gasteiger partial charge < -0.3 is 10.6 Å². The second-order valence-corrected chi connectivity index (χ2v) is 6.84. The van der Waals surface area contributed by atoms with Crippen LogP contribution in [-0.4, -0.2) is 36.3 Å². The molecule has 0 aliphatic heterocycles. The molecule has 0 radical (unpaired) electrons. The fourth-order valence-electron chi connectivity index (χ4n) is 1.99. The van der Waals surface area contributed by atoms with Gasteiger partial charge in [-0.1, -0.05) is 13.8 Å². The third-order valence-electron chi connectivity index (χ3n) is 3.24. The first kappa shape index (κ1) is 16.0. The molecule has 0 aliphatic carbocycles. The molecular formula is C14H26N2S2. The van der Waals surface area contributed by atoms with Crippen molar-refractivity contribution in [3.05, 3.63) is 21.9 Å². The predicted octanol–water partition coefficient (Wildman–Crippen LogP) is 3.52. The second-order valence-electron chi connectivity index (χ2n) is 4.65. The zero-order chi connectivity index (χ0) is 13.5. The summed E-state index contributed by atoms with van der Waals surface area (Å²) < 4.78 is 0. The van der Waals surface area contributed by atoms with Crippen molar-refractivity contribution in [1.82, 2.24) is 4.90 Å². The van der Waals surface area contributed by atoms with Gasteiger partial charge in [0.25, 0.3) is 0 Å². The molecule has 104 valence electrons. The van der Waals surface area contributed by atoms with E-state index in [-0.39, 0.29) is 6.04 Å². The van der Waals surface area contributed by atoms with E-state index < -0.39 is 0 Å². The van der Waals surface area contributed by atoms with Crippen molar-refractivity contribution in [2.24, 2.45) is 5.73 Å². The molecule has 2 N–H and O–H groups in total. The first-order valence-electron chi connectivity index (χ1n) is 6.73. The highest BCUT2D eigenvalue weighted by Gasteiger charge is 2.19. The number of thioether (sulfide) groups is 1. The molecule has 2 nitrogen and oxygen atoms in total. The molecule has 0 spiro atoms. The van der Waals surface area contributed by atoms with Gasteiger partial charge in [-0.25, -0.2) is 0 Å². The lowest BCUT2D eigenvalue weighted by Gasteiger charge is -2.23. The molecule has 0 aromatic carbocycles. The normalized spacial score (nSPS) is 15.0. The SMILES string of the molecule is CCN(CC)CCSC(c1sccc1C)C(C)N. The average Bonchev–Trinajstić information content (AvgIpc) is 2.75. The minimum atomic E-state index is 0.212. The van der Waals surface area contributed by atoms with E-state index in [9.17, 15) is 0 Å². The number of hydrogen-bond donors (Lipinski definition) is 1. The van der Waals surface area contributed by atoms with Gasteiger partial charge in [-0.15, -0.1) is 23.1 Å². The minimum absolute atomic E-state index is 0.212. The van der Waals surface area contributed by atoms with Crippen LogP contribution in [0.15, 0.2) is 11.4 Å². The lowest BCUT2D eigenvalue weighted by atomic mass is 10.1. The molecule has 0 saturated heterocycles. The highest BCUT2D eigenvalue weighted by molar-refractivity contribution is 7.99. The summed E-state index contributed by atoms with van der Waals surface area (Å²) in [6.45, 7) is 12.2. The maximum atomic E-state index is 6.15. The monoisotopic (exact) mass is 286 g/mol. The van der Waals surface area contributed by atoms with Crippen molar-refractivity contribution >= 4 is 23.1 Å². The van der Waals surface area contributed by atoms with Crippen LogP contribution in [0.3, 0.4) is 0 Å². The largest absolute Gasteiger partial charge is 0.327 e. The van der Waals surface area contributed by atoms with E-state index in [1.807, 2.05) is 23.1 Å². The van der Waals surface area contributed by atoms with Crippen LogP contribution < -0.4 is 5.73 Å². The Morgan fingerprint density at radius 2 is 2.06 bits per heavy atom. The van der Waals surface area contributed by atoms with E-state index in [1.54, 1.807) is 0 Å². The van der Waals surface area contributed by atoms with Crippen LogP contribution in [-0.2, 0) is 0 Å². The molecule has 0 amide bonds. The van der Waals surface area contributed by atoms with E-state index in [1.165, 1.54) is 10.4 Å². The molecular weight excluding hydrogens is 260 g/mol. The van der Waals surface area contributed by atoms with E-state index in [0.717, 1.165) is 25.4 Å². The zero-order valence-electron chi connectivity index (χ0n) is 12.0. The summed E-state index contributed by atoms with van der Waals surface area (Å²) >= 11 is 3.85. The van der Waals surface area contributed by atoms with Crippen molar-refractivity contribution in [2.75, 3.05) is 25.4 Å². The highest BCUT2D eigenvalue weighted by atomic mass is 32.2.